The molecule has 106 valence electrons. The normalized spacial score (nSPS) is 11.4. The predicted molar refractivity (Wildman–Crippen MR) is 82.8 cm³/mol. The molecule has 0 radical (unpaired) electrons. The summed E-state index contributed by atoms with van der Waals surface area (Å²) in [4.78, 5) is 16.0. The fourth-order valence-electron chi connectivity index (χ4n) is 1.82. The van der Waals surface area contributed by atoms with Gasteiger partial charge in [0.2, 0.25) is 0 Å². The summed E-state index contributed by atoms with van der Waals surface area (Å²) in [6.07, 6.45) is 5.49. The maximum absolute atomic E-state index is 12.1. The molecule has 0 aliphatic carbocycles. The van der Waals surface area contributed by atoms with Crippen LogP contribution in [0.25, 0.3) is 0 Å². The van der Waals surface area contributed by atoms with Gasteiger partial charge in [-0.3, -0.25) is 4.79 Å². The molecule has 1 rings (SSSR count). The molecule has 4 nitrogen and oxygen atoms in total. The fourth-order valence-corrected chi connectivity index (χ4v) is 2.80. The van der Waals surface area contributed by atoms with Crippen LogP contribution in [-0.4, -0.2) is 28.4 Å². The van der Waals surface area contributed by atoms with E-state index in [2.05, 4.69) is 30.4 Å². The third kappa shape index (κ3) is 4.01. The molecule has 0 aliphatic heterocycles. The van der Waals surface area contributed by atoms with Crippen LogP contribution in [0.4, 0.5) is 5.69 Å². The summed E-state index contributed by atoms with van der Waals surface area (Å²) >= 11 is 7.68. The van der Waals surface area contributed by atoms with Gasteiger partial charge in [-0.2, -0.15) is 11.8 Å². The zero-order valence-electron chi connectivity index (χ0n) is 11.5. The number of nitrogens with two attached hydrogens (primary N) is 1. The van der Waals surface area contributed by atoms with Crippen molar-refractivity contribution in [1.82, 2.24) is 10.3 Å². The molecule has 0 aliphatic rings. The molecule has 0 aromatic carbocycles. The average Bonchev–Trinajstić information content (AvgIpc) is 2.43. The first kappa shape index (κ1) is 16.1. The van der Waals surface area contributed by atoms with E-state index in [0.29, 0.717) is 17.8 Å². The largest absolute Gasteiger partial charge is 0.397 e. The second-order valence-corrected chi connectivity index (χ2v) is 6.02. The van der Waals surface area contributed by atoms with Crippen molar-refractivity contribution in [1.29, 1.82) is 0 Å². The fraction of sp³-hybridized carbons (Fsp3) is 0.538. The molecule has 1 heterocycles. The zero-order valence-corrected chi connectivity index (χ0v) is 13.1. The van der Waals surface area contributed by atoms with Crippen molar-refractivity contribution >= 4 is 35.0 Å². The van der Waals surface area contributed by atoms with Crippen LogP contribution in [0.1, 0.15) is 37.0 Å². The van der Waals surface area contributed by atoms with Crippen molar-refractivity contribution in [2.24, 2.45) is 0 Å². The Kier molecular flexibility index (Phi) is 5.94. The van der Waals surface area contributed by atoms with Crippen LogP contribution in [0.2, 0.25) is 5.15 Å². The number of hydrogen-bond donors (Lipinski definition) is 2. The molecular weight excluding hydrogens is 282 g/mol. The van der Waals surface area contributed by atoms with E-state index in [9.17, 15) is 4.79 Å². The zero-order chi connectivity index (χ0) is 14.5. The highest BCUT2D eigenvalue weighted by Crippen LogP contribution is 2.29. The SMILES string of the molecule is CCC(CC)(CNC(=O)c1cc(N)cnc1Cl)SC. The van der Waals surface area contributed by atoms with Gasteiger partial charge < -0.3 is 11.1 Å². The second-order valence-electron chi connectivity index (χ2n) is 4.38. The van der Waals surface area contributed by atoms with Crippen molar-refractivity contribution in [3.8, 4) is 0 Å². The summed E-state index contributed by atoms with van der Waals surface area (Å²) in [7, 11) is 0. The van der Waals surface area contributed by atoms with Gasteiger partial charge in [-0.05, 0) is 25.2 Å². The number of anilines is 1. The van der Waals surface area contributed by atoms with Crippen LogP contribution >= 0.6 is 23.4 Å². The number of nitrogen functional groups attached to an aromatic ring is 1. The van der Waals surface area contributed by atoms with Gasteiger partial charge in [0, 0.05) is 11.3 Å². The van der Waals surface area contributed by atoms with Crippen LogP contribution in [0.15, 0.2) is 12.3 Å². The number of nitrogens with one attached hydrogen (secondary N) is 1. The lowest BCUT2D eigenvalue weighted by molar-refractivity contribution is 0.0949. The molecule has 19 heavy (non-hydrogen) atoms. The topological polar surface area (TPSA) is 68.0 Å². The summed E-state index contributed by atoms with van der Waals surface area (Å²) in [5, 5.41) is 3.10. The molecule has 0 fully saturated rings. The standard InChI is InChI=1S/C13H20ClN3OS/c1-4-13(5-2,19-3)8-17-12(18)10-6-9(15)7-16-11(10)14/h6-7H,4-5,8,15H2,1-3H3,(H,17,18). The number of thioether (sulfide) groups is 1. The molecule has 0 atom stereocenters. The van der Waals surface area contributed by atoms with Crippen molar-refractivity contribution < 1.29 is 4.79 Å². The Morgan fingerprint density at radius 1 is 1.53 bits per heavy atom. The molecule has 1 aromatic heterocycles. The van der Waals surface area contributed by atoms with Gasteiger partial charge >= 0.3 is 0 Å². The highest BCUT2D eigenvalue weighted by molar-refractivity contribution is 8.00. The Labute approximate surface area is 123 Å². The Hall–Kier alpha value is -0.940. The number of amides is 1. The van der Waals surface area contributed by atoms with E-state index in [0.717, 1.165) is 12.8 Å². The van der Waals surface area contributed by atoms with Gasteiger partial charge in [-0.25, -0.2) is 4.98 Å². The highest BCUT2D eigenvalue weighted by atomic mass is 35.5. The predicted octanol–water partition coefficient (Wildman–Crippen LogP) is 2.97. The van der Waals surface area contributed by atoms with Gasteiger partial charge in [0.25, 0.3) is 5.91 Å². The lowest BCUT2D eigenvalue weighted by Gasteiger charge is -2.29. The van der Waals surface area contributed by atoms with Gasteiger partial charge in [0.15, 0.2) is 0 Å². The van der Waals surface area contributed by atoms with E-state index in [1.807, 2.05) is 0 Å². The quantitative estimate of drug-likeness (QED) is 0.793. The summed E-state index contributed by atoms with van der Waals surface area (Å²) in [5.74, 6) is -0.231. The Balaban J connectivity index is 2.77. The Bertz CT molecular complexity index is 441. The van der Waals surface area contributed by atoms with Crippen molar-refractivity contribution in [2.45, 2.75) is 31.4 Å². The first-order valence-corrected chi connectivity index (χ1v) is 7.82. The van der Waals surface area contributed by atoms with E-state index >= 15 is 0 Å². The highest BCUT2D eigenvalue weighted by Gasteiger charge is 2.26. The van der Waals surface area contributed by atoms with Gasteiger partial charge in [-0.1, -0.05) is 25.4 Å². The number of halogens is 1. The minimum Gasteiger partial charge on any atom is -0.397 e. The van der Waals surface area contributed by atoms with Gasteiger partial charge in [0.1, 0.15) is 5.15 Å². The average molecular weight is 302 g/mol. The molecule has 6 heteroatoms. The first-order chi connectivity index (χ1) is 8.98. The van der Waals surface area contributed by atoms with Gasteiger partial charge in [0.05, 0.1) is 17.4 Å². The number of aromatic nitrogens is 1. The molecule has 1 amide bonds. The third-order valence-corrected chi connectivity index (χ3v) is 5.29. The molecule has 0 unspecified atom stereocenters. The molecule has 3 N–H and O–H groups in total. The number of nitrogens with zero attached hydrogens (tertiary/aromatic N) is 1. The number of carbonyl (C=O) groups is 1. The van der Waals surface area contributed by atoms with E-state index in [-0.39, 0.29) is 15.8 Å². The van der Waals surface area contributed by atoms with E-state index < -0.39 is 0 Å². The summed E-state index contributed by atoms with van der Waals surface area (Å²) in [6, 6.07) is 1.54. The van der Waals surface area contributed by atoms with Crippen molar-refractivity contribution in [3.05, 3.63) is 23.0 Å². The molecule has 0 saturated carbocycles. The Morgan fingerprint density at radius 3 is 2.68 bits per heavy atom. The monoisotopic (exact) mass is 301 g/mol. The molecule has 0 spiro atoms. The number of rotatable bonds is 6. The molecule has 1 aromatic rings. The molecule has 0 bridgehead atoms. The third-order valence-electron chi connectivity index (χ3n) is 3.40. The van der Waals surface area contributed by atoms with Crippen molar-refractivity contribution in [2.75, 3.05) is 18.5 Å². The van der Waals surface area contributed by atoms with Crippen LogP contribution in [0, 0.1) is 0 Å². The van der Waals surface area contributed by atoms with E-state index in [1.54, 1.807) is 17.8 Å². The first-order valence-electron chi connectivity index (χ1n) is 6.22. The summed E-state index contributed by atoms with van der Waals surface area (Å²) in [6.45, 7) is 4.85. The molecular formula is C13H20ClN3OS. The van der Waals surface area contributed by atoms with E-state index in [4.69, 9.17) is 17.3 Å². The lowest BCUT2D eigenvalue weighted by atomic mass is 10.0. The number of pyridine rings is 1. The van der Waals surface area contributed by atoms with Crippen molar-refractivity contribution in [3.63, 3.8) is 0 Å². The lowest BCUT2D eigenvalue weighted by Crippen LogP contribution is -2.39. The second kappa shape index (κ2) is 7.01. The van der Waals surface area contributed by atoms with Gasteiger partial charge in [-0.15, -0.1) is 0 Å². The van der Waals surface area contributed by atoms with Crippen LogP contribution in [0.3, 0.4) is 0 Å². The Morgan fingerprint density at radius 2 is 2.16 bits per heavy atom. The number of carbonyl (C=O) groups excluding carboxylic acids is 1. The van der Waals surface area contributed by atoms with Crippen LogP contribution in [-0.2, 0) is 0 Å². The smallest absolute Gasteiger partial charge is 0.254 e. The summed E-state index contributed by atoms with van der Waals surface area (Å²) < 4.78 is 0.0654. The molecule has 0 saturated heterocycles. The maximum Gasteiger partial charge on any atom is 0.254 e. The minimum atomic E-state index is -0.231. The maximum atomic E-state index is 12.1. The van der Waals surface area contributed by atoms with Crippen LogP contribution < -0.4 is 11.1 Å². The van der Waals surface area contributed by atoms with E-state index in [1.165, 1.54) is 6.20 Å². The number of hydrogen-bond acceptors (Lipinski definition) is 4. The van der Waals surface area contributed by atoms with Crippen LogP contribution in [0.5, 0.6) is 0 Å². The minimum absolute atomic E-state index is 0.0654. The summed E-state index contributed by atoms with van der Waals surface area (Å²) in [5.41, 5.74) is 6.37.